The van der Waals surface area contributed by atoms with Gasteiger partial charge in [-0.2, -0.15) is 0 Å². The molecular weight excluding hydrogens is 270 g/mol. The Morgan fingerprint density at radius 2 is 1.80 bits per heavy atom. The average Bonchev–Trinajstić information content (AvgIpc) is 2.38. The van der Waals surface area contributed by atoms with Crippen molar-refractivity contribution in [1.29, 1.82) is 0 Å². The van der Waals surface area contributed by atoms with E-state index >= 15 is 0 Å². The third kappa shape index (κ3) is 7.07. The summed E-state index contributed by atoms with van der Waals surface area (Å²) in [4.78, 5) is 0. The number of hydrogen-bond donors (Lipinski definition) is 1. The van der Waals surface area contributed by atoms with Gasteiger partial charge in [0, 0.05) is 6.26 Å². The maximum absolute atomic E-state index is 11.4. The van der Waals surface area contributed by atoms with E-state index < -0.39 is 9.84 Å². The minimum atomic E-state index is -2.82. The van der Waals surface area contributed by atoms with Crippen LogP contribution in [0.2, 0.25) is 0 Å². The van der Waals surface area contributed by atoms with Crippen molar-refractivity contribution in [2.45, 2.75) is 58.8 Å². The molecule has 3 atom stereocenters. The molecule has 20 heavy (non-hydrogen) atoms. The van der Waals surface area contributed by atoms with E-state index in [4.69, 9.17) is 0 Å². The summed E-state index contributed by atoms with van der Waals surface area (Å²) in [6.45, 7) is 6.58. The van der Waals surface area contributed by atoms with Crippen molar-refractivity contribution in [3.63, 3.8) is 0 Å². The fraction of sp³-hybridized carbons (Fsp3) is 1.00. The molecule has 120 valence electrons. The predicted molar refractivity (Wildman–Crippen MR) is 86.7 cm³/mol. The molecule has 0 amide bonds. The maximum atomic E-state index is 11.4. The highest BCUT2D eigenvalue weighted by atomic mass is 32.2. The van der Waals surface area contributed by atoms with Crippen molar-refractivity contribution in [2.75, 3.05) is 25.1 Å². The summed E-state index contributed by atoms with van der Waals surface area (Å²) in [7, 11) is -2.82. The van der Waals surface area contributed by atoms with Gasteiger partial charge in [-0.1, -0.05) is 33.1 Å². The first-order valence-electron chi connectivity index (χ1n) is 8.34. The molecule has 0 aromatic rings. The Hall–Kier alpha value is -0.0900. The van der Waals surface area contributed by atoms with Crippen molar-refractivity contribution in [3.8, 4) is 0 Å². The van der Waals surface area contributed by atoms with E-state index in [1.807, 2.05) is 0 Å². The first-order valence-corrected chi connectivity index (χ1v) is 10.4. The highest BCUT2D eigenvalue weighted by Crippen LogP contribution is 2.37. The topological polar surface area (TPSA) is 46.2 Å². The van der Waals surface area contributed by atoms with E-state index in [0.29, 0.717) is 17.6 Å². The Labute approximate surface area is 125 Å². The molecule has 1 fully saturated rings. The largest absolute Gasteiger partial charge is 0.316 e. The maximum Gasteiger partial charge on any atom is 0.147 e. The van der Waals surface area contributed by atoms with Gasteiger partial charge in [-0.15, -0.1) is 0 Å². The lowest BCUT2D eigenvalue weighted by Gasteiger charge is -2.36. The van der Waals surface area contributed by atoms with Crippen LogP contribution in [-0.4, -0.2) is 33.5 Å². The van der Waals surface area contributed by atoms with Crippen LogP contribution in [0.25, 0.3) is 0 Å². The summed E-state index contributed by atoms with van der Waals surface area (Å²) in [6, 6.07) is 0. The summed E-state index contributed by atoms with van der Waals surface area (Å²) >= 11 is 0. The van der Waals surface area contributed by atoms with Gasteiger partial charge < -0.3 is 5.32 Å². The normalized spacial score (nSPS) is 27.6. The van der Waals surface area contributed by atoms with Crippen LogP contribution in [0.3, 0.4) is 0 Å². The van der Waals surface area contributed by atoms with E-state index in [9.17, 15) is 8.42 Å². The molecular formula is C16H33NO2S. The van der Waals surface area contributed by atoms with Crippen LogP contribution < -0.4 is 5.32 Å². The molecule has 1 aliphatic carbocycles. The average molecular weight is 304 g/mol. The van der Waals surface area contributed by atoms with Crippen molar-refractivity contribution < 1.29 is 8.42 Å². The SMILES string of the molecule is CCCNCC1CCC(CCC)CC1CCS(C)(=O)=O. The van der Waals surface area contributed by atoms with E-state index in [2.05, 4.69) is 19.2 Å². The molecule has 0 spiro atoms. The zero-order chi connectivity index (χ0) is 15.0. The van der Waals surface area contributed by atoms with Gasteiger partial charge in [-0.25, -0.2) is 8.42 Å². The second-order valence-electron chi connectivity index (χ2n) is 6.61. The molecule has 0 aromatic carbocycles. The lowest BCUT2D eigenvalue weighted by atomic mass is 9.71. The highest BCUT2D eigenvalue weighted by Gasteiger charge is 2.30. The van der Waals surface area contributed by atoms with E-state index in [-0.39, 0.29) is 0 Å². The molecule has 3 unspecified atom stereocenters. The molecule has 0 saturated heterocycles. The van der Waals surface area contributed by atoms with E-state index in [0.717, 1.165) is 25.4 Å². The Morgan fingerprint density at radius 3 is 2.40 bits per heavy atom. The number of rotatable bonds is 9. The van der Waals surface area contributed by atoms with Crippen LogP contribution in [0.1, 0.15) is 58.8 Å². The smallest absolute Gasteiger partial charge is 0.147 e. The second-order valence-corrected chi connectivity index (χ2v) is 8.87. The lowest BCUT2D eigenvalue weighted by molar-refractivity contribution is 0.165. The van der Waals surface area contributed by atoms with Gasteiger partial charge in [0.25, 0.3) is 0 Å². The number of nitrogens with one attached hydrogen (secondary N) is 1. The third-order valence-electron chi connectivity index (χ3n) is 4.64. The quantitative estimate of drug-likeness (QED) is 0.665. The van der Waals surface area contributed by atoms with E-state index in [1.165, 1.54) is 44.8 Å². The number of hydrogen-bond acceptors (Lipinski definition) is 3. The molecule has 1 rings (SSSR count). The van der Waals surface area contributed by atoms with Gasteiger partial charge in [0.15, 0.2) is 0 Å². The van der Waals surface area contributed by atoms with Crippen LogP contribution in [0.5, 0.6) is 0 Å². The van der Waals surface area contributed by atoms with Crippen LogP contribution in [0, 0.1) is 17.8 Å². The fourth-order valence-electron chi connectivity index (χ4n) is 3.55. The molecule has 1 saturated carbocycles. The van der Waals surface area contributed by atoms with E-state index in [1.54, 1.807) is 0 Å². The Morgan fingerprint density at radius 1 is 1.05 bits per heavy atom. The molecule has 1 N–H and O–H groups in total. The first kappa shape index (κ1) is 18.0. The monoisotopic (exact) mass is 303 g/mol. The minimum absolute atomic E-state index is 0.362. The van der Waals surface area contributed by atoms with Crippen LogP contribution in [-0.2, 0) is 9.84 Å². The summed E-state index contributed by atoms with van der Waals surface area (Å²) in [5.74, 6) is 2.46. The lowest BCUT2D eigenvalue weighted by Crippen LogP contribution is -2.34. The first-order chi connectivity index (χ1) is 9.46. The summed E-state index contributed by atoms with van der Waals surface area (Å²) in [6.07, 6.45) is 9.80. The van der Waals surface area contributed by atoms with Crippen molar-refractivity contribution in [3.05, 3.63) is 0 Å². The molecule has 0 aromatic heterocycles. The second kappa shape index (κ2) is 9.04. The van der Waals surface area contributed by atoms with Gasteiger partial charge in [0.05, 0.1) is 5.75 Å². The molecule has 1 aliphatic rings. The van der Waals surface area contributed by atoms with Gasteiger partial charge in [0.1, 0.15) is 9.84 Å². The fourth-order valence-corrected chi connectivity index (χ4v) is 4.28. The Bertz CT molecular complexity index is 353. The number of sulfone groups is 1. The molecule has 3 nitrogen and oxygen atoms in total. The van der Waals surface area contributed by atoms with Gasteiger partial charge in [-0.05, 0) is 56.5 Å². The Balaban J connectivity index is 2.52. The Kier molecular flexibility index (Phi) is 8.11. The molecule has 0 aliphatic heterocycles. The summed E-state index contributed by atoms with van der Waals surface area (Å²) in [5, 5.41) is 3.53. The van der Waals surface area contributed by atoms with Gasteiger partial charge in [-0.3, -0.25) is 0 Å². The highest BCUT2D eigenvalue weighted by molar-refractivity contribution is 7.90. The van der Waals surface area contributed by atoms with Gasteiger partial charge >= 0.3 is 0 Å². The van der Waals surface area contributed by atoms with Crippen molar-refractivity contribution in [2.24, 2.45) is 17.8 Å². The van der Waals surface area contributed by atoms with Gasteiger partial charge in [0.2, 0.25) is 0 Å². The molecule has 4 heteroatoms. The third-order valence-corrected chi connectivity index (χ3v) is 5.62. The summed E-state index contributed by atoms with van der Waals surface area (Å²) < 4.78 is 22.9. The standard InChI is InChI=1S/C16H33NO2S/c1-4-6-14-7-8-16(13-17-10-5-2)15(12-14)9-11-20(3,18)19/h14-17H,4-13H2,1-3H3. The molecule has 0 bridgehead atoms. The minimum Gasteiger partial charge on any atom is -0.316 e. The molecule has 0 heterocycles. The molecule has 0 radical (unpaired) electrons. The summed E-state index contributed by atoms with van der Waals surface area (Å²) in [5.41, 5.74) is 0. The zero-order valence-electron chi connectivity index (χ0n) is 13.5. The van der Waals surface area contributed by atoms with Crippen molar-refractivity contribution in [1.82, 2.24) is 5.32 Å². The predicted octanol–water partition coefficient (Wildman–Crippen LogP) is 3.25. The van der Waals surface area contributed by atoms with Crippen molar-refractivity contribution >= 4 is 9.84 Å². The van der Waals surface area contributed by atoms with Crippen LogP contribution in [0.15, 0.2) is 0 Å². The van der Waals surface area contributed by atoms with Crippen LogP contribution in [0.4, 0.5) is 0 Å². The zero-order valence-corrected chi connectivity index (χ0v) is 14.3. The van der Waals surface area contributed by atoms with Crippen LogP contribution >= 0.6 is 0 Å².